The molecule has 0 aromatic heterocycles. The predicted octanol–water partition coefficient (Wildman–Crippen LogP) is 0.747. The zero-order valence-corrected chi connectivity index (χ0v) is 10.8. The monoisotopic (exact) mass is 264 g/mol. The van der Waals surface area contributed by atoms with E-state index in [2.05, 4.69) is 5.32 Å². The predicted molar refractivity (Wildman–Crippen MR) is 72.7 cm³/mol. The highest BCUT2D eigenvalue weighted by molar-refractivity contribution is 5.79. The van der Waals surface area contributed by atoms with Crippen molar-refractivity contribution in [2.24, 2.45) is 5.73 Å². The molecule has 0 radical (unpaired) electrons. The number of aldehydes is 1. The van der Waals surface area contributed by atoms with Gasteiger partial charge < -0.3 is 21.0 Å². The zero-order valence-electron chi connectivity index (χ0n) is 10.8. The van der Waals surface area contributed by atoms with Gasteiger partial charge in [-0.2, -0.15) is 0 Å². The number of carbonyl (C=O) groups excluding carboxylic acids is 2. The SMILES string of the molecule is NC(C=O)CCCCNC(=O)Cc1ccccc1O. The maximum Gasteiger partial charge on any atom is 0.224 e. The van der Waals surface area contributed by atoms with Crippen LogP contribution >= 0.6 is 0 Å². The number of hydrogen-bond donors (Lipinski definition) is 3. The molecule has 0 aliphatic heterocycles. The second kappa shape index (κ2) is 8.26. The largest absolute Gasteiger partial charge is 0.508 e. The Kier molecular flexibility index (Phi) is 6.60. The fourth-order valence-electron chi connectivity index (χ4n) is 1.70. The van der Waals surface area contributed by atoms with Crippen LogP contribution in [0.3, 0.4) is 0 Å². The summed E-state index contributed by atoms with van der Waals surface area (Å²) in [5.74, 6) is 0.00999. The molecule has 0 aliphatic rings. The van der Waals surface area contributed by atoms with E-state index >= 15 is 0 Å². The summed E-state index contributed by atoms with van der Waals surface area (Å²) in [6.45, 7) is 0.554. The molecule has 5 nitrogen and oxygen atoms in total. The molecule has 1 unspecified atom stereocenters. The molecule has 19 heavy (non-hydrogen) atoms. The van der Waals surface area contributed by atoms with Crippen molar-refractivity contribution in [2.45, 2.75) is 31.7 Å². The first-order chi connectivity index (χ1) is 9.13. The number of benzene rings is 1. The van der Waals surface area contributed by atoms with Gasteiger partial charge >= 0.3 is 0 Å². The van der Waals surface area contributed by atoms with E-state index in [0.717, 1.165) is 19.1 Å². The van der Waals surface area contributed by atoms with Crippen LogP contribution in [0.2, 0.25) is 0 Å². The lowest BCUT2D eigenvalue weighted by molar-refractivity contribution is -0.120. The van der Waals surface area contributed by atoms with Crippen LogP contribution < -0.4 is 11.1 Å². The molecule has 0 aliphatic carbocycles. The van der Waals surface area contributed by atoms with Gasteiger partial charge in [-0.3, -0.25) is 4.79 Å². The highest BCUT2D eigenvalue weighted by Gasteiger charge is 2.06. The maximum atomic E-state index is 11.6. The second-order valence-corrected chi connectivity index (χ2v) is 4.45. The minimum Gasteiger partial charge on any atom is -0.508 e. The van der Waals surface area contributed by atoms with Crippen molar-refractivity contribution >= 4 is 12.2 Å². The molecule has 0 spiro atoms. The fourth-order valence-corrected chi connectivity index (χ4v) is 1.70. The lowest BCUT2D eigenvalue weighted by Gasteiger charge is -2.07. The standard InChI is InChI=1S/C14H20N2O3/c15-12(10-17)6-3-4-8-16-14(19)9-11-5-1-2-7-13(11)18/h1-2,5,7,10,12,18H,3-4,6,8-9,15H2,(H,16,19). The van der Waals surface area contributed by atoms with Crippen LogP contribution in [0, 0.1) is 0 Å². The molecule has 1 amide bonds. The average molecular weight is 264 g/mol. The van der Waals surface area contributed by atoms with E-state index in [4.69, 9.17) is 5.73 Å². The topological polar surface area (TPSA) is 92.4 Å². The number of phenolic OH excluding ortho intramolecular Hbond substituents is 1. The molecule has 1 atom stereocenters. The Hall–Kier alpha value is -1.88. The molecule has 4 N–H and O–H groups in total. The molecule has 0 fully saturated rings. The number of unbranched alkanes of at least 4 members (excludes halogenated alkanes) is 1. The molecule has 0 saturated heterocycles. The number of nitrogens with two attached hydrogens (primary N) is 1. The van der Waals surface area contributed by atoms with Crippen LogP contribution in [0.4, 0.5) is 0 Å². The molecule has 0 saturated carbocycles. The Morgan fingerprint density at radius 1 is 1.37 bits per heavy atom. The van der Waals surface area contributed by atoms with Gasteiger partial charge in [-0.1, -0.05) is 18.2 Å². The number of para-hydroxylation sites is 1. The average Bonchev–Trinajstić information content (AvgIpc) is 2.40. The summed E-state index contributed by atoms with van der Waals surface area (Å²) in [6.07, 6.45) is 3.13. The van der Waals surface area contributed by atoms with Crippen LogP contribution in [0.1, 0.15) is 24.8 Å². The first kappa shape index (κ1) is 15.2. The normalized spacial score (nSPS) is 11.8. The van der Waals surface area contributed by atoms with Gasteiger partial charge in [0, 0.05) is 12.1 Å². The number of phenols is 1. The van der Waals surface area contributed by atoms with E-state index in [9.17, 15) is 14.7 Å². The van der Waals surface area contributed by atoms with Crippen LogP contribution in [-0.2, 0) is 16.0 Å². The Morgan fingerprint density at radius 2 is 2.11 bits per heavy atom. The number of aromatic hydroxyl groups is 1. The molecule has 0 bridgehead atoms. The van der Waals surface area contributed by atoms with Gasteiger partial charge in [0.25, 0.3) is 0 Å². The van der Waals surface area contributed by atoms with Gasteiger partial charge in [-0.15, -0.1) is 0 Å². The first-order valence-electron chi connectivity index (χ1n) is 6.38. The van der Waals surface area contributed by atoms with Gasteiger partial charge in [0.05, 0.1) is 12.5 Å². The third-order valence-electron chi connectivity index (χ3n) is 2.80. The number of rotatable bonds is 8. The van der Waals surface area contributed by atoms with E-state index < -0.39 is 6.04 Å². The fraction of sp³-hybridized carbons (Fsp3) is 0.429. The van der Waals surface area contributed by atoms with Gasteiger partial charge in [0.15, 0.2) is 0 Å². The second-order valence-electron chi connectivity index (χ2n) is 4.45. The van der Waals surface area contributed by atoms with Crippen molar-refractivity contribution in [1.29, 1.82) is 0 Å². The van der Waals surface area contributed by atoms with E-state index in [1.165, 1.54) is 0 Å². The van der Waals surface area contributed by atoms with E-state index in [-0.39, 0.29) is 18.1 Å². The van der Waals surface area contributed by atoms with E-state index in [1.54, 1.807) is 24.3 Å². The van der Waals surface area contributed by atoms with Crippen LogP contribution in [0.25, 0.3) is 0 Å². The summed E-state index contributed by atoms with van der Waals surface area (Å²) in [7, 11) is 0. The van der Waals surface area contributed by atoms with Gasteiger partial charge in [0.1, 0.15) is 12.0 Å². The van der Waals surface area contributed by atoms with Crippen molar-refractivity contribution in [1.82, 2.24) is 5.32 Å². The third-order valence-corrected chi connectivity index (χ3v) is 2.80. The Balaban J connectivity index is 2.18. The summed E-state index contributed by atoms with van der Waals surface area (Å²) in [6, 6.07) is 6.37. The summed E-state index contributed by atoms with van der Waals surface area (Å²) in [4.78, 5) is 21.9. The van der Waals surface area contributed by atoms with Crippen molar-refractivity contribution in [3.63, 3.8) is 0 Å². The molecule has 104 valence electrons. The lowest BCUT2D eigenvalue weighted by atomic mass is 10.1. The van der Waals surface area contributed by atoms with Crippen molar-refractivity contribution in [3.05, 3.63) is 29.8 Å². The highest BCUT2D eigenvalue weighted by atomic mass is 16.3. The lowest BCUT2D eigenvalue weighted by Crippen LogP contribution is -2.27. The van der Waals surface area contributed by atoms with Crippen LogP contribution in [0.5, 0.6) is 5.75 Å². The number of nitrogens with one attached hydrogen (secondary N) is 1. The summed E-state index contributed by atoms with van der Waals surface area (Å²) in [5.41, 5.74) is 6.06. The smallest absolute Gasteiger partial charge is 0.224 e. The molecule has 1 aromatic carbocycles. The minimum atomic E-state index is -0.406. The van der Waals surface area contributed by atoms with Gasteiger partial charge in [-0.25, -0.2) is 0 Å². The third kappa shape index (κ3) is 6.01. The number of hydrogen-bond acceptors (Lipinski definition) is 4. The quantitative estimate of drug-likeness (QED) is 0.477. The van der Waals surface area contributed by atoms with Crippen molar-refractivity contribution in [2.75, 3.05) is 6.54 Å². The van der Waals surface area contributed by atoms with Crippen molar-refractivity contribution < 1.29 is 14.7 Å². The van der Waals surface area contributed by atoms with Gasteiger partial charge in [-0.05, 0) is 25.3 Å². The van der Waals surface area contributed by atoms with Crippen LogP contribution in [-0.4, -0.2) is 29.9 Å². The number of amides is 1. The number of carbonyl (C=O) groups is 2. The van der Waals surface area contributed by atoms with Gasteiger partial charge in [0.2, 0.25) is 5.91 Å². The maximum absolute atomic E-state index is 11.6. The van der Waals surface area contributed by atoms with E-state index in [1.807, 2.05) is 0 Å². The zero-order chi connectivity index (χ0) is 14.1. The van der Waals surface area contributed by atoms with Crippen molar-refractivity contribution in [3.8, 4) is 5.75 Å². The molecule has 1 rings (SSSR count). The highest BCUT2D eigenvalue weighted by Crippen LogP contribution is 2.15. The molecule has 0 heterocycles. The Bertz CT molecular complexity index is 421. The Labute approximate surface area is 112 Å². The van der Waals surface area contributed by atoms with Crippen LogP contribution in [0.15, 0.2) is 24.3 Å². The molecule has 1 aromatic rings. The van der Waals surface area contributed by atoms with E-state index in [0.29, 0.717) is 18.5 Å². The minimum absolute atomic E-state index is 0.124. The summed E-state index contributed by atoms with van der Waals surface area (Å²) < 4.78 is 0. The summed E-state index contributed by atoms with van der Waals surface area (Å²) >= 11 is 0. The summed E-state index contributed by atoms with van der Waals surface area (Å²) in [5, 5.41) is 12.3. The Morgan fingerprint density at radius 3 is 2.79 bits per heavy atom. The molecule has 5 heteroatoms. The molecular formula is C14H20N2O3. The molecular weight excluding hydrogens is 244 g/mol. The first-order valence-corrected chi connectivity index (χ1v) is 6.38.